The van der Waals surface area contributed by atoms with E-state index in [4.69, 9.17) is 0 Å². The van der Waals surface area contributed by atoms with Crippen molar-refractivity contribution in [2.75, 3.05) is 0 Å². The van der Waals surface area contributed by atoms with E-state index in [1.807, 2.05) is 0 Å². The smallest absolute Gasteiger partial charge is 0.0634 e. The van der Waals surface area contributed by atoms with Crippen molar-refractivity contribution < 1.29 is 0 Å². The minimum atomic E-state index is -0.223. The number of benzene rings is 14. The van der Waals surface area contributed by atoms with Gasteiger partial charge in [-0.25, -0.2) is 0 Å². The second kappa shape index (κ2) is 20.5. The van der Waals surface area contributed by atoms with Crippen molar-refractivity contribution in [3.05, 3.63) is 289 Å². The minimum Gasteiger partial charge on any atom is -0.307 e. The van der Waals surface area contributed by atoms with Gasteiger partial charge in [-0.15, -0.1) is 0 Å². The standard InChI is InChI=1S/C100H78N4/c1-97(2,3)61-45-47-79-71(51-61)67-39-27-41-69-85-82(58-31-17-12-18-32-58)94-86(81(57-29-15-11-16-30-57)93(85)103(79)89(67)69)70-42-28-40-68-72-52-62(46-48-80(72)104(94)90(68)70)99(7,8)49-50-100(9,10)64-55-74-66-38-24-26-44-78(66)102-92(74)76(56-64)88-84(60-35-21-14-22-36-60)95-87(83(96(88)102)59-33-19-13-20-34-59)75-54-63(98(4,5)6)53-73-65-37-23-25-43-77(65)101(95)91(73)75/h11-48,51-56H,49-50H2,1-10H3. The molecule has 4 nitrogen and oxygen atoms in total. The fourth-order valence-electron chi connectivity index (χ4n) is 19.6. The van der Waals surface area contributed by atoms with E-state index in [0.29, 0.717) is 0 Å². The highest BCUT2D eigenvalue weighted by Crippen LogP contribution is 2.58. The van der Waals surface area contributed by atoms with E-state index in [1.54, 1.807) is 0 Å². The first-order valence-electron chi connectivity index (χ1n) is 37.5. The van der Waals surface area contributed by atoms with Crippen LogP contribution < -0.4 is 0 Å². The van der Waals surface area contributed by atoms with Crippen LogP contribution in [0.4, 0.5) is 0 Å². The molecule has 22 rings (SSSR count). The number of aromatic nitrogens is 4. The summed E-state index contributed by atoms with van der Waals surface area (Å²) in [5, 5.41) is 20.8. The van der Waals surface area contributed by atoms with E-state index >= 15 is 0 Å². The Kier molecular flexibility index (Phi) is 11.8. The molecule has 8 heterocycles. The van der Waals surface area contributed by atoms with Crippen LogP contribution in [0.15, 0.2) is 267 Å². The molecule has 0 aliphatic heterocycles. The molecule has 0 atom stereocenters. The lowest BCUT2D eigenvalue weighted by Gasteiger charge is -2.32. The van der Waals surface area contributed by atoms with Gasteiger partial charge >= 0.3 is 0 Å². The zero-order valence-corrected chi connectivity index (χ0v) is 60.6. The number of hydrogen-bond donors (Lipinski definition) is 0. The Hall–Kier alpha value is -11.7. The van der Waals surface area contributed by atoms with Gasteiger partial charge in [0.2, 0.25) is 0 Å². The van der Waals surface area contributed by atoms with E-state index in [9.17, 15) is 0 Å². The molecule has 0 N–H and O–H groups in total. The molecule has 14 aromatic carbocycles. The highest BCUT2D eigenvalue weighted by atomic mass is 15.0. The monoisotopic (exact) mass is 1330 g/mol. The van der Waals surface area contributed by atoms with E-state index in [0.717, 1.165) is 12.8 Å². The normalized spacial score (nSPS) is 13.4. The maximum absolute atomic E-state index is 2.67. The molecule has 0 radical (unpaired) electrons. The predicted molar refractivity (Wildman–Crippen MR) is 446 cm³/mol. The Bertz CT molecular complexity index is 7360. The predicted octanol–water partition coefficient (Wildman–Crippen LogP) is 27.6. The molecule has 0 saturated carbocycles. The molecule has 0 unspecified atom stereocenters. The van der Waals surface area contributed by atoms with Gasteiger partial charge in [-0.05, 0) is 140 Å². The second-order valence-corrected chi connectivity index (χ2v) is 33.7. The zero-order valence-electron chi connectivity index (χ0n) is 60.6. The molecular formula is C100H78N4. The Balaban J connectivity index is 0.746. The van der Waals surface area contributed by atoms with E-state index < -0.39 is 0 Å². The van der Waals surface area contributed by atoms with Gasteiger partial charge in [0.25, 0.3) is 0 Å². The fourth-order valence-corrected chi connectivity index (χ4v) is 19.6. The fraction of sp³-hybridized carbons (Fsp3) is 0.160. The third-order valence-corrected chi connectivity index (χ3v) is 24.9. The van der Waals surface area contributed by atoms with Gasteiger partial charge in [-0.2, -0.15) is 0 Å². The molecule has 498 valence electrons. The van der Waals surface area contributed by atoms with Gasteiger partial charge in [0.05, 0.1) is 66.2 Å². The van der Waals surface area contributed by atoms with Gasteiger partial charge in [0.1, 0.15) is 0 Å². The minimum absolute atomic E-state index is 0.0118. The number of para-hydroxylation sites is 4. The van der Waals surface area contributed by atoms with Crippen molar-refractivity contribution >= 4 is 152 Å². The Morgan fingerprint density at radius 2 is 0.481 bits per heavy atom. The summed E-state index contributed by atoms with van der Waals surface area (Å²) in [7, 11) is 0. The molecule has 0 aliphatic rings. The first kappa shape index (κ1) is 59.9. The first-order chi connectivity index (χ1) is 50.4. The van der Waals surface area contributed by atoms with Crippen molar-refractivity contribution in [3.63, 3.8) is 0 Å². The van der Waals surface area contributed by atoms with Crippen molar-refractivity contribution in [3.8, 4) is 44.5 Å². The highest BCUT2D eigenvalue weighted by molar-refractivity contribution is 6.40. The van der Waals surface area contributed by atoms with Crippen molar-refractivity contribution in [1.82, 2.24) is 17.6 Å². The quantitative estimate of drug-likeness (QED) is 0.137. The topological polar surface area (TPSA) is 17.6 Å². The van der Waals surface area contributed by atoms with E-state index in [-0.39, 0.29) is 21.7 Å². The lowest BCUT2D eigenvalue weighted by atomic mass is 9.72. The first-order valence-corrected chi connectivity index (χ1v) is 37.5. The Morgan fingerprint density at radius 1 is 0.202 bits per heavy atom. The van der Waals surface area contributed by atoms with Crippen LogP contribution in [0.2, 0.25) is 0 Å². The zero-order chi connectivity index (χ0) is 69.9. The molecule has 0 aliphatic carbocycles. The summed E-state index contributed by atoms with van der Waals surface area (Å²) in [5.74, 6) is 0. The van der Waals surface area contributed by atoms with E-state index in [1.165, 1.54) is 219 Å². The van der Waals surface area contributed by atoms with Gasteiger partial charge in [-0.3, -0.25) is 0 Å². The van der Waals surface area contributed by atoms with Gasteiger partial charge in [0.15, 0.2) is 0 Å². The van der Waals surface area contributed by atoms with Crippen LogP contribution >= 0.6 is 0 Å². The highest BCUT2D eigenvalue weighted by Gasteiger charge is 2.37. The summed E-state index contributed by atoms with van der Waals surface area (Å²) in [6, 6.07) is 103. The van der Waals surface area contributed by atoms with Crippen LogP contribution in [0.3, 0.4) is 0 Å². The SMILES string of the molecule is CC(C)(C)c1ccc2c(c1)c1cccc3c4c(-c5ccccc5)c5c(c(-c6ccccc6)c4n2c13)c1cccc2c3cc(C(C)(C)CCC(C)(C)c4cc6c7ccccc7n7c8c(-c9ccccc9)c9c%10cc(C(C)(C)C)cc%11c%12ccccc%12n(c9c(-c9ccccc9)c8c(c4)c67)c%11%10)ccc3n5c21. The number of fused-ring (bicyclic) bond motifs is 24. The molecule has 0 bridgehead atoms. The molecule has 104 heavy (non-hydrogen) atoms. The molecule has 0 spiro atoms. The lowest BCUT2D eigenvalue weighted by molar-refractivity contribution is 0.375. The maximum Gasteiger partial charge on any atom is 0.0634 e. The summed E-state index contributed by atoms with van der Waals surface area (Å²) in [6.45, 7) is 24.1. The van der Waals surface area contributed by atoms with Crippen LogP contribution in [0, 0.1) is 0 Å². The molecule has 0 fully saturated rings. The third kappa shape index (κ3) is 7.82. The van der Waals surface area contributed by atoms with Crippen molar-refractivity contribution in [2.45, 2.75) is 104 Å². The lowest BCUT2D eigenvalue weighted by Crippen LogP contribution is -2.24. The Labute approximate surface area is 603 Å². The summed E-state index contributed by atoms with van der Waals surface area (Å²) in [6.07, 6.45) is 1.97. The van der Waals surface area contributed by atoms with Crippen LogP contribution in [0.5, 0.6) is 0 Å². The molecular weight excluding hydrogens is 1260 g/mol. The van der Waals surface area contributed by atoms with Gasteiger partial charge in [-0.1, -0.05) is 275 Å². The molecule has 0 saturated heterocycles. The molecule has 0 amide bonds. The molecule has 4 heteroatoms. The van der Waals surface area contributed by atoms with Crippen LogP contribution in [0.1, 0.15) is 104 Å². The third-order valence-electron chi connectivity index (χ3n) is 24.9. The number of hydrogen-bond acceptors (Lipinski definition) is 0. The summed E-state index contributed by atoms with van der Waals surface area (Å²) >= 11 is 0. The average molecular weight is 1340 g/mol. The Morgan fingerprint density at radius 3 is 0.885 bits per heavy atom. The van der Waals surface area contributed by atoms with Crippen molar-refractivity contribution in [2.24, 2.45) is 0 Å². The average Bonchev–Trinajstić information content (AvgIpc) is 1.50. The van der Waals surface area contributed by atoms with Gasteiger partial charge < -0.3 is 17.6 Å². The largest absolute Gasteiger partial charge is 0.307 e. The maximum atomic E-state index is 2.67. The number of nitrogens with zero attached hydrogens (tertiary/aromatic N) is 4. The second-order valence-electron chi connectivity index (χ2n) is 33.7. The van der Waals surface area contributed by atoms with Crippen LogP contribution in [-0.2, 0) is 21.7 Å². The summed E-state index contributed by atoms with van der Waals surface area (Å²) in [5.41, 5.74) is 30.2. The van der Waals surface area contributed by atoms with E-state index in [2.05, 4.69) is 354 Å². The van der Waals surface area contributed by atoms with Crippen molar-refractivity contribution in [1.29, 1.82) is 0 Å². The van der Waals surface area contributed by atoms with Gasteiger partial charge in [0, 0.05) is 108 Å². The molecule has 8 aromatic heterocycles. The molecule has 22 aromatic rings. The number of rotatable bonds is 9. The van der Waals surface area contributed by atoms with Crippen LogP contribution in [-0.4, -0.2) is 17.6 Å². The summed E-state index contributed by atoms with van der Waals surface area (Å²) in [4.78, 5) is 0. The van der Waals surface area contributed by atoms with Crippen LogP contribution in [0.25, 0.3) is 197 Å². The summed E-state index contributed by atoms with van der Waals surface area (Å²) < 4.78 is 10.6.